The quantitative estimate of drug-likeness (QED) is 0.712. The molecule has 2 unspecified atom stereocenters. The number of nitrogens with zero attached hydrogens (tertiary/aromatic N) is 2. The van der Waals surface area contributed by atoms with Crippen LogP contribution in [0, 0.1) is 0 Å². The third kappa shape index (κ3) is 3.72. The zero-order valence-corrected chi connectivity index (χ0v) is 9.32. The van der Waals surface area contributed by atoms with E-state index in [-0.39, 0.29) is 6.17 Å². The lowest BCUT2D eigenvalue weighted by Crippen LogP contribution is -2.48. The smallest absolute Gasteiger partial charge is 0.0928 e. The van der Waals surface area contributed by atoms with E-state index in [1.165, 1.54) is 12.8 Å². The predicted molar refractivity (Wildman–Crippen MR) is 58.6 cm³/mol. The minimum absolute atomic E-state index is 0.293. The maximum Gasteiger partial charge on any atom is 0.0928 e. The summed E-state index contributed by atoms with van der Waals surface area (Å²) in [5.74, 6) is 0. The molecular weight excluding hydrogens is 190 g/mol. The molecule has 2 aliphatic rings. The average Bonchev–Trinajstić information content (AvgIpc) is 2.44. The van der Waals surface area contributed by atoms with Crippen LogP contribution in [0.25, 0.3) is 0 Å². The van der Waals surface area contributed by atoms with Crippen LogP contribution in [0.2, 0.25) is 0 Å². The largest absolute Gasteiger partial charge is 0.379 e. The Labute approximate surface area is 92.1 Å². The summed E-state index contributed by atoms with van der Waals surface area (Å²) in [6, 6.07) is 0.459. The van der Waals surface area contributed by atoms with Crippen molar-refractivity contribution in [3.63, 3.8) is 0 Å². The standard InChI is InChI=1S/C11H21N3O/c12-11-4-2-1-3-10(13-11)9-14-5-7-15-8-6-14/h10-11,13H,1-9H2. The molecule has 4 nitrogen and oxygen atoms in total. The molecule has 0 amide bonds. The van der Waals surface area contributed by atoms with Crippen LogP contribution in [0.3, 0.4) is 0 Å². The van der Waals surface area contributed by atoms with E-state index < -0.39 is 0 Å². The summed E-state index contributed by atoms with van der Waals surface area (Å²) in [6.07, 6.45) is 4.18. The predicted octanol–water partition coefficient (Wildman–Crippen LogP) is 0.246. The second kappa shape index (κ2) is 5.80. The van der Waals surface area contributed by atoms with Crippen molar-refractivity contribution in [2.24, 2.45) is 0 Å². The van der Waals surface area contributed by atoms with Crippen LogP contribution in [0.5, 0.6) is 0 Å². The molecule has 86 valence electrons. The monoisotopic (exact) mass is 211 g/mol. The van der Waals surface area contributed by atoms with E-state index >= 15 is 0 Å². The van der Waals surface area contributed by atoms with E-state index in [2.05, 4.69) is 10.2 Å². The van der Waals surface area contributed by atoms with Crippen molar-refractivity contribution < 1.29 is 4.74 Å². The third-order valence-corrected chi connectivity index (χ3v) is 3.29. The lowest BCUT2D eigenvalue weighted by Gasteiger charge is -2.30. The zero-order valence-electron chi connectivity index (χ0n) is 9.32. The van der Waals surface area contributed by atoms with Crippen molar-refractivity contribution in [3.05, 3.63) is 0 Å². The summed E-state index contributed by atoms with van der Waals surface area (Å²) < 4.78 is 5.32. The summed E-state index contributed by atoms with van der Waals surface area (Å²) in [4.78, 5) is 2.43. The average molecular weight is 211 g/mol. The molecule has 0 bridgehead atoms. The maximum absolute atomic E-state index is 9.63. The first-order chi connectivity index (χ1) is 7.34. The first kappa shape index (κ1) is 11.3. The second-order valence-corrected chi connectivity index (χ2v) is 4.58. The van der Waals surface area contributed by atoms with Gasteiger partial charge >= 0.3 is 0 Å². The van der Waals surface area contributed by atoms with Gasteiger partial charge in [-0.1, -0.05) is 12.8 Å². The fraction of sp³-hybridized carbons (Fsp3) is 1.00. The highest BCUT2D eigenvalue weighted by molar-refractivity contribution is 4.78. The Hall–Kier alpha value is -0.160. The molecule has 0 aromatic rings. The summed E-state index contributed by atoms with van der Waals surface area (Å²) in [7, 11) is 0. The van der Waals surface area contributed by atoms with Crippen molar-refractivity contribution in [3.8, 4) is 0 Å². The van der Waals surface area contributed by atoms with Crippen molar-refractivity contribution in [1.29, 1.82) is 0 Å². The lowest BCUT2D eigenvalue weighted by molar-refractivity contribution is 0.0328. The van der Waals surface area contributed by atoms with Crippen LogP contribution in [0.4, 0.5) is 0 Å². The molecule has 0 saturated carbocycles. The van der Waals surface area contributed by atoms with Crippen molar-refractivity contribution in [2.45, 2.75) is 37.9 Å². The molecule has 2 atom stereocenters. The molecule has 4 heteroatoms. The van der Waals surface area contributed by atoms with Gasteiger partial charge in [-0.3, -0.25) is 10.2 Å². The number of hydrogen-bond acceptors (Lipinski definition) is 3. The van der Waals surface area contributed by atoms with Crippen LogP contribution in [-0.4, -0.2) is 50.0 Å². The Morgan fingerprint density at radius 2 is 1.93 bits per heavy atom. The van der Waals surface area contributed by atoms with Gasteiger partial charge in [-0.2, -0.15) is 0 Å². The third-order valence-electron chi connectivity index (χ3n) is 3.29. The van der Waals surface area contributed by atoms with Gasteiger partial charge < -0.3 is 4.74 Å². The summed E-state index contributed by atoms with van der Waals surface area (Å²) in [5, 5.41) is 3.30. The molecule has 2 radical (unpaired) electrons. The van der Waals surface area contributed by atoms with Gasteiger partial charge in [0.05, 0.1) is 19.4 Å². The Bertz CT molecular complexity index is 183. The van der Waals surface area contributed by atoms with E-state index in [1.54, 1.807) is 0 Å². The highest BCUT2D eigenvalue weighted by atomic mass is 16.5. The summed E-state index contributed by atoms with van der Waals surface area (Å²) in [5.41, 5.74) is 9.63. The van der Waals surface area contributed by atoms with Crippen molar-refractivity contribution >= 4 is 0 Å². The van der Waals surface area contributed by atoms with Gasteiger partial charge in [0.25, 0.3) is 0 Å². The van der Waals surface area contributed by atoms with E-state index in [0.29, 0.717) is 6.04 Å². The fourth-order valence-corrected chi connectivity index (χ4v) is 2.41. The summed E-state index contributed by atoms with van der Waals surface area (Å²) >= 11 is 0. The summed E-state index contributed by atoms with van der Waals surface area (Å²) in [6.45, 7) is 4.84. The van der Waals surface area contributed by atoms with Gasteiger partial charge in [0, 0.05) is 25.7 Å². The topological polar surface area (TPSA) is 46.8 Å². The first-order valence-electron chi connectivity index (χ1n) is 6.09. The molecule has 2 saturated heterocycles. The van der Waals surface area contributed by atoms with E-state index in [9.17, 15) is 5.73 Å². The van der Waals surface area contributed by atoms with Crippen molar-refractivity contribution in [2.75, 3.05) is 32.8 Å². The molecule has 2 fully saturated rings. The van der Waals surface area contributed by atoms with Gasteiger partial charge in [0.1, 0.15) is 0 Å². The molecule has 1 N–H and O–H groups in total. The fourth-order valence-electron chi connectivity index (χ4n) is 2.41. The van der Waals surface area contributed by atoms with Crippen LogP contribution >= 0.6 is 0 Å². The molecule has 0 spiro atoms. The van der Waals surface area contributed by atoms with Crippen LogP contribution in [0.1, 0.15) is 25.7 Å². The molecule has 2 aliphatic heterocycles. The van der Waals surface area contributed by atoms with Crippen LogP contribution in [0.15, 0.2) is 0 Å². The Kier molecular flexibility index (Phi) is 4.38. The maximum atomic E-state index is 9.63. The van der Waals surface area contributed by atoms with Gasteiger partial charge in [-0.25, -0.2) is 0 Å². The number of ether oxygens (including phenoxy) is 1. The Morgan fingerprint density at radius 1 is 1.20 bits per heavy atom. The van der Waals surface area contributed by atoms with Gasteiger partial charge in [0.15, 0.2) is 0 Å². The van der Waals surface area contributed by atoms with Gasteiger partial charge in [-0.05, 0) is 12.8 Å². The molecule has 15 heavy (non-hydrogen) atoms. The number of morpholine rings is 1. The molecule has 2 heterocycles. The minimum atomic E-state index is -0.293. The highest BCUT2D eigenvalue weighted by Crippen LogP contribution is 2.12. The highest BCUT2D eigenvalue weighted by Gasteiger charge is 2.20. The Balaban J connectivity index is 1.76. The molecule has 0 aliphatic carbocycles. The van der Waals surface area contributed by atoms with E-state index in [4.69, 9.17) is 4.74 Å². The molecule has 2 rings (SSSR count). The minimum Gasteiger partial charge on any atom is -0.379 e. The normalized spacial score (nSPS) is 35.0. The SMILES string of the molecule is [N]C1CCCCC(CN2CCOCC2)N1. The molecule has 0 aromatic heterocycles. The molecule has 0 aromatic carbocycles. The van der Waals surface area contributed by atoms with E-state index in [1.807, 2.05) is 0 Å². The first-order valence-corrected chi connectivity index (χ1v) is 6.09. The van der Waals surface area contributed by atoms with Gasteiger partial charge in [-0.15, -0.1) is 5.73 Å². The zero-order chi connectivity index (χ0) is 10.5. The number of nitrogens with one attached hydrogen (secondary N) is 1. The van der Waals surface area contributed by atoms with Crippen LogP contribution in [-0.2, 0) is 4.74 Å². The van der Waals surface area contributed by atoms with Gasteiger partial charge in [0.2, 0.25) is 0 Å². The second-order valence-electron chi connectivity index (χ2n) is 4.58. The lowest BCUT2D eigenvalue weighted by atomic mass is 10.1. The number of rotatable bonds is 2. The van der Waals surface area contributed by atoms with Crippen LogP contribution < -0.4 is 11.1 Å². The Morgan fingerprint density at radius 3 is 2.73 bits per heavy atom. The number of hydrogen-bond donors (Lipinski definition) is 1. The van der Waals surface area contributed by atoms with Crippen molar-refractivity contribution in [1.82, 2.24) is 16.0 Å². The van der Waals surface area contributed by atoms with E-state index in [0.717, 1.165) is 45.7 Å². The molecular formula is C11H21N3O.